The zero-order valence-corrected chi connectivity index (χ0v) is 15.9. The molecule has 138 valence electrons. The van der Waals surface area contributed by atoms with Crippen molar-refractivity contribution in [1.29, 1.82) is 0 Å². The number of benzene rings is 5. The summed E-state index contributed by atoms with van der Waals surface area (Å²) in [6.07, 6.45) is 0. The minimum Gasteiger partial charge on any atom is -0.244 e. The summed E-state index contributed by atoms with van der Waals surface area (Å²) < 4.78 is 0. The molecule has 0 spiro atoms. The molecule has 0 amide bonds. The van der Waals surface area contributed by atoms with Crippen molar-refractivity contribution in [2.45, 2.75) is 0 Å². The third kappa shape index (κ3) is 2.10. The van der Waals surface area contributed by atoms with E-state index in [2.05, 4.69) is 48.5 Å². The van der Waals surface area contributed by atoms with Crippen LogP contribution < -0.4 is 0 Å². The van der Waals surface area contributed by atoms with Crippen molar-refractivity contribution in [1.82, 2.24) is 19.9 Å². The maximum absolute atomic E-state index is 5.06. The number of fused-ring (bicyclic) bond motifs is 9. The van der Waals surface area contributed by atoms with Crippen LogP contribution in [0.1, 0.15) is 0 Å². The van der Waals surface area contributed by atoms with E-state index >= 15 is 0 Å². The number of nitrogens with zero attached hydrogens (tertiary/aromatic N) is 4. The molecule has 30 heavy (non-hydrogen) atoms. The van der Waals surface area contributed by atoms with E-state index in [4.69, 9.17) is 19.9 Å². The van der Waals surface area contributed by atoms with Crippen molar-refractivity contribution in [2.24, 2.45) is 0 Å². The van der Waals surface area contributed by atoms with Crippen LogP contribution in [-0.4, -0.2) is 19.9 Å². The molecule has 4 nitrogen and oxygen atoms in total. The summed E-state index contributed by atoms with van der Waals surface area (Å²) in [6.45, 7) is 0. The number of para-hydroxylation sites is 2. The summed E-state index contributed by atoms with van der Waals surface area (Å²) in [7, 11) is 0. The van der Waals surface area contributed by atoms with Gasteiger partial charge in [-0.15, -0.1) is 0 Å². The second-order valence-electron chi connectivity index (χ2n) is 7.55. The minimum atomic E-state index is 0.833. The fourth-order valence-corrected chi connectivity index (χ4v) is 4.40. The first-order valence-electron chi connectivity index (χ1n) is 9.93. The van der Waals surface area contributed by atoms with E-state index in [0.717, 1.165) is 54.9 Å². The van der Waals surface area contributed by atoms with Crippen LogP contribution >= 0.6 is 0 Å². The Morgan fingerprint density at radius 3 is 1.17 bits per heavy atom. The van der Waals surface area contributed by atoms with Gasteiger partial charge in [0, 0.05) is 10.8 Å². The van der Waals surface area contributed by atoms with Crippen molar-refractivity contribution in [3.63, 3.8) is 0 Å². The minimum absolute atomic E-state index is 0.833. The lowest BCUT2D eigenvalue weighted by Gasteiger charge is -2.10. The molecule has 5 aromatic carbocycles. The van der Waals surface area contributed by atoms with E-state index in [-0.39, 0.29) is 0 Å². The molecule has 4 heteroatoms. The molecule has 0 saturated carbocycles. The fourth-order valence-electron chi connectivity index (χ4n) is 4.40. The molecule has 0 N–H and O–H groups in total. The van der Waals surface area contributed by atoms with Gasteiger partial charge in [0.1, 0.15) is 0 Å². The number of hydrogen-bond acceptors (Lipinski definition) is 4. The molecule has 0 aliphatic carbocycles. The molecular weight excluding hydrogens is 368 g/mol. The molecule has 0 aliphatic heterocycles. The quantitative estimate of drug-likeness (QED) is 0.232. The summed E-state index contributed by atoms with van der Waals surface area (Å²) in [5.41, 5.74) is 6.94. The van der Waals surface area contributed by atoms with Gasteiger partial charge in [0.25, 0.3) is 0 Å². The van der Waals surface area contributed by atoms with Crippen LogP contribution in [0.15, 0.2) is 84.9 Å². The molecule has 7 rings (SSSR count). The third-order valence-corrected chi connectivity index (χ3v) is 5.78. The van der Waals surface area contributed by atoms with Gasteiger partial charge in [-0.2, -0.15) is 0 Å². The van der Waals surface area contributed by atoms with Gasteiger partial charge in [-0.05, 0) is 35.0 Å². The van der Waals surface area contributed by atoms with Crippen molar-refractivity contribution in [3.05, 3.63) is 84.9 Å². The van der Waals surface area contributed by atoms with Gasteiger partial charge < -0.3 is 0 Å². The maximum Gasteiger partial charge on any atom is 0.0979 e. The van der Waals surface area contributed by atoms with E-state index < -0.39 is 0 Å². The van der Waals surface area contributed by atoms with Crippen LogP contribution in [0.4, 0.5) is 0 Å². The molecule has 0 saturated heterocycles. The molecular formula is C26H14N4. The van der Waals surface area contributed by atoms with E-state index in [1.807, 2.05) is 36.4 Å². The first-order chi connectivity index (χ1) is 14.8. The third-order valence-electron chi connectivity index (χ3n) is 5.78. The van der Waals surface area contributed by atoms with Crippen molar-refractivity contribution >= 4 is 65.7 Å². The molecule has 0 radical (unpaired) electrons. The SMILES string of the molecule is c1ccc2nc3cc4nc5c6ccccc6c6ccccc6c5nc4cc3nc2c1. The van der Waals surface area contributed by atoms with Gasteiger partial charge in [0.15, 0.2) is 0 Å². The summed E-state index contributed by atoms with van der Waals surface area (Å²) in [4.78, 5) is 19.7. The Labute approximate surface area is 170 Å². The van der Waals surface area contributed by atoms with Crippen LogP contribution in [0.2, 0.25) is 0 Å². The average Bonchev–Trinajstić information content (AvgIpc) is 2.80. The summed E-state index contributed by atoms with van der Waals surface area (Å²) in [6, 6.07) is 28.7. The van der Waals surface area contributed by atoms with Gasteiger partial charge in [-0.3, -0.25) is 0 Å². The second kappa shape index (κ2) is 5.67. The van der Waals surface area contributed by atoms with E-state index in [1.54, 1.807) is 0 Å². The van der Waals surface area contributed by atoms with Crippen molar-refractivity contribution in [3.8, 4) is 0 Å². The Bertz CT molecular complexity index is 1670. The standard InChI is InChI=1S/C26H14N4/c1-3-9-17-15(7-1)16-8-2-4-10-18(16)26-25(17)29-23-13-21-22(14-24(23)30-26)28-20-12-6-5-11-19(20)27-21/h1-14H. The molecule has 0 bridgehead atoms. The summed E-state index contributed by atoms with van der Waals surface area (Å²) in [5.74, 6) is 0. The maximum atomic E-state index is 5.06. The van der Waals surface area contributed by atoms with Crippen LogP contribution in [-0.2, 0) is 0 Å². The lowest BCUT2D eigenvalue weighted by molar-refractivity contribution is 1.37. The first kappa shape index (κ1) is 15.7. The van der Waals surface area contributed by atoms with Crippen LogP contribution in [0, 0.1) is 0 Å². The monoisotopic (exact) mass is 382 g/mol. The van der Waals surface area contributed by atoms with Gasteiger partial charge in [-0.25, -0.2) is 19.9 Å². The normalized spacial score (nSPS) is 12.0. The molecule has 0 unspecified atom stereocenters. The van der Waals surface area contributed by atoms with Gasteiger partial charge in [-0.1, -0.05) is 60.7 Å². The highest BCUT2D eigenvalue weighted by molar-refractivity contribution is 6.23. The highest BCUT2D eigenvalue weighted by Gasteiger charge is 2.13. The Kier molecular flexibility index (Phi) is 2.97. The first-order valence-corrected chi connectivity index (χ1v) is 9.93. The number of aromatic nitrogens is 4. The van der Waals surface area contributed by atoms with Crippen molar-refractivity contribution < 1.29 is 0 Å². The van der Waals surface area contributed by atoms with Crippen LogP contribution in [0.3, 0.4) is 0 Å². The predicted molar refractivity (Wildman–Crippen MR) is 123 cm³/mol. The van der Waals surface area contributed by atoms with Gasteiger partial charge in [0.2, 0.25) is 0 Å². The molecule has 0 aliphatic rings. The average molecular weight is 382 g/mol. The molecule has 2 heterocycles. The Morgan fingerprint density at radius 2 is 0.700 bits per heavy atom. The van der Waals surface area contributed by atoms with Gasteiger partial charge in [0.05, 0.1) is 44.1 Å². The molecule has 0 atom stereocenters. The van der Waals surface area contributed by atoms with Crippen LogP contribution in [0.25, 0.3) is 65.7 Å². The van der Waals surface area contributed by atoms with Crippen molar-refractivity contribution in [2.75, 3.05) is 0 Å². The Hall–Kier alpha value is -4.18. The zero-order chi connectivity index (χ0) is 19.7. The van der Waals surface area contributed by atoms with E-state index in [0.29, 0.717) is 0 Å². The number of rotatable bonds is 0. The highest BCUT2D eigenvalue weighted by Crippen LogP contribution is 2.34. The molecule has 0 fully saturated rings. The molecule has 7 aromatic rings. The van der Waals surface area contributed by atoms with E-state index in [1.165, 1.54) is 10.8 Å². The lowest BCUT2D eigenvalue weighted by Crippen LogP contribution is -1.93. The van der Waals surface area contributed by atoms with E-state index in [9.17, 15) is 0 Å². The summed E-state index contributed by atoms with van der Waals surface area (Å²) in [5, 5.41) is 4.62. The Morgan fingerprint density at radius 1 is 0.333 bits per heavy atom. The largest absolute Gasteiger partial charge is 0.244 e. The molecule has 2 aromatic heterocycles. The topological polar surface area (TPSA) is 51.6 Å². The van der Waals surface area contributed by atoms with Gasteiger partial charge >= 0.3 is 0 Å². The zero-order valence-electron chi connectivity index (χ0n) is 15.9. The van der Waals surface area contributed by atoms with Crippen LogP contribution in [0.5, 0.6) is 0 Å². The Balaban J connectivity index is 1.69. The summed E-state index contributed by atoms with van der Waals surface area (Å²) >= 11 is 0. The predicted octanol–water partition coefficient (Wildman–Crippen LogP) is 6.19. The lowest BCUT2D eigenvalue weighted by atomic mass is 9.99. The smallest absolute Gasteiger partial charge is 0.0979 e. The second-order valence-corrected chi connectivity index (χ2v) is 7.55. The highest BCUT2D eigenvalue weighted by atomic mass is 14.8. The fraction of sp³-hybridized carbons (Fsp3) is 0. The number of hydrogen-bond donors (Lipinski definition) is 0.